The van der Waals surface area contributed by atoms with Gasteiger partial charge in [-0.15, -0.1) is 0 Å². The Morgan fingerprint density at radius 2 is 1.89 bits per heavy atom. The van der Waals surface area contributed by atoms with Crippen molar-refractivity contribution < 1.29 is 18.0 Å². The molecular weight excluding hydrogens is 411 g/mol. The zero-order chi connectivity index (χ0) is 20.5. The second-order valence-electron chi connectivity index (χ2n) is 6.08. The van der Waals surface area contributed by atoms with E-state index in [4.69, 9.17) is 11.6 Å². The SMILES string of the molecule is Cc1ccc(Cl)cc1NC(=O)C(C)Sc1nc(C(F)(F)F)nc2ccccc12. The zero-order valence-corrected chi connectivity index (χ0v) is 16.4. The van der Waals surface area contributed by atoms with Gasteiger partial charge < -0.3 is 5.32 Å². The molecule has 0 radical (unpaired) electrons. The summed E-state index contributed by atoms with van der Waals surface area (Å²) in [5.41, 5.74) is 1.54. The number of nitrogens with one attached hydrogen (secondary N) is 1. The van der Waals surface area contributed by atoms with Crippen molar-refractivity contribution >= 4 is 45.9 Å². The first-order valence-electron chi connectivity index (χ1n) is 8.23. The van der Waals surface area contributed by atoms with Crippen molar-refractivity contribution in [3.63, 3.8) is 0 Å². The molecular formula is C19H15ClF3N3OS. The van der Waals surface area contributed by atoms with Crippen molar-refractivity contribution in [1.29, 1.82) is 0 Å². The Morgan fingerprint density at radius 3 is 2.61 bits per heavy atom. The predicted molar refractivity (Wildman–Crippen MR) is 105 cm³/mol. The van der Waals surface area contributed by atoms with Crippen LogP contribution < -0.4 is 5.32 Å². The minimum Gasteiger partial charge on any atom is -0.325 e. The molecule has 0 saturated carbocycles. The summed E-state index contributed by atoms with van der Waals surface area (Å²) in [4.78, 5) is 19.8. The van der Waals surface area contributed by atoms with Gasteiger partial charge in [0.2, 0.25) is 11.7 Å². The summed E-state index contributed by atoms with van der Waals surface area (Å²) >= 11 is 6.90. The Labute approximate surface area is 168 Å². The third-order valence-electron chi connectivity index (χ3n) is 3.94. The van der Waals surface area contributed by atoms with Crippen molar-refractivity contribution in [1.82, 2.24) is 9.97 Å². The van der Waals surface area contributed by atoms with Crippen molar-refractivity contribution in [3.05, 3.63) is 58.9 Å². The zero-order valence-electron chi connectivity index (χ0n) is 14.8. The first-order valence-corrected chi connectivity index (χ1v) is 9.48. The van der Waals surface area contributed by atoms with Gasteiger partial charge in [0.25, 0.3) is 0 Å². The molecule has 1 N–H and O–H groups in total. The molecule has 1 unspecified atom stereocenters. The van der Waals surface area contributed by atoms with Crippen LogP contribution in [-0.4, -0.2) is 21.1 Å². The number of thioether (sulfide) groups is 1. The third-order valence-corrected chi connectivity index (χ3v) is 5.27. The van der Waals surface area contributed by atoms with Crippen molar-refractivity contribution in [3.8, 4) is 0 Å². The highest BCUT2D eigenvalue weighted by molar-refractivity contribution is 8.00. The molecule has 0 aliphatic carbocycles. The molecule has 28 heavy (non-hydrogen) atoms. The second-order valence-corrected chi connectivity index (χ2v) is 7.84. The maximum Gasteiger partial charge on any atom is 0.451 e. The molecule has 0 aliphatic rings. The molecule has 1 aromatic heterocycles. The summed E-state index contributed by atoms with van der Waals surface area (Å²) in [5.74, 6) is -1.60. The number of fused-ring (bicyclic) bond motifs is 1. The summed E-state index contributed by atoms with van der Waals surface area (Å²) in [5, 5.41) is 3.09. The molecule has 1 heterocycles. The molecule has 3 aromatic rings. The lowest BCUT2D eigenvalue weighted by Gasteiger charge is -2.15. The average Bonchev–Trinajstić information content (AvgIpc) is 2.63. The fraction of sp³-hybridized carbons (Fsp3) is 0.211. The molecule has 2 aromatic carbocycles. The number of halogens is 4. The van der Waals surface area contributed by atoms with Gasteiger partial charge in [0.05, 0.1) is 10.8 Å². The smallest absolute Gasteiger partial charge is 0.325 e. The molecule has 4 nitrogen and oxygen atoms in total. The van der Waals surface area contributed by atoms with Gasteiger partial charge in [-0.25, -0.2) is 9.97 Å². The van der Waals surface area contributed by atoms with E-state index in [-0.39, 0.29) is 16.4 Å². The minimum absolute atomic E-state index is 0.100. The fourth-order valence-corrected chi connectivity index (χ4v) is 3.56. The number of carbonyl (C=O) groups is 1. The summed E-state index contributed by atoms with van der Waals surface area (Å²) in [7, 11) is 0. The molecule has 0 spiro atoms. The van der Waals surface area contributed by atoms with Crippen LogP contribution in [0, 0.1) is 6.92 Å². The van der Waals surface area contributed by atoms with Crippen LogP contribution in [0.1, 0.15) is 18.3 Å². The number of benzene rings is 2. The standard InChI is InChI=1S/C19H15ClF3N3OS/c1-10-7-8-12(20)9-15(10)24-16(27)11(2)28-17-13-5-3-4-6-14(13)25-18(26-17)19(21,22)23/h3-9,11H,1-2H3,(H,24,27). The number of rotatable bonds is 4. The summed E-state index contributed by atoms with van der Waals surface area (Å²) in [6, 6.07) is 11.5. The normalized spacial score (nSPS) is 12.8. The van der Waals surface area contributed by atoms with Gasteiger partial charge in [-0.3, -0.25) is 4.79 Å². The molecule has 3 rings (SSSR count). The van der Waals surface area contributed by atoms with Crippen molar-refractivity contribution in [2.24, 2.45) is 0 Å². The Morgan fingerprint density at radius 1 is 1.18 bits per heavy atom. The number of anilines is 1. The summed E-state index contributed by atoms with van der Waals surface area (Å²) in [6.45, 7) is 3.42. The second kappa shape index (κ2) is 7.97. The molecule has 9 heteroatoms. The summed E-state index contributed by atoms with van der Waals surface area (Å²) < 4.78 is 39.4. The van der Waals surface area contributed by atoms with E-state index in [0.29, 0.717) is 16.1 Å². The number of hydrogen-bond acceptors (Lipinski definition) is 4. The lowest BCUT2D eigenvalue weighted by Crippen LogP contribution is -2.23. The number of carbonyl (C=O) groups excluding carboxylic acids is 1. The first-order chi connectivity index (χ1) is 13.1. The lowest BCUT2D eigenvalue weighted by atomic mass is 10.2. The highest BCUT2D eigenvalue weighted by Gasteiger charge is 2.36. The Bertz CT molecular complexity index is 1040. The van der Waals surface area contributed by atoms with Gasteiger partial charge in [0, 0.05) is 16.1 Å². The average molecular weight is 426 g/mol. The number of aromatic nitrogens is 2. The van der Waals surface area contributed by atoms with E-state index in [1.807, 2.05) is 6.92 Å². The largest absolute Gasteiger partial charge is 0.451 e. The molecule has 146 valence electrons. The molecule has 0 fully saturated rings. The molecule has 1 amide bonds. The van der Waals surface area contributed by atoms with Crippen LogP contribution in [0.25, 0.3) is 10.9 Å². The van der Waals surface area contributed by atoms with E-state index >= 15 is 0 Å². The van der Waals surface area contributed by atoms with Gasteiger partial charge in [-0.1, -0.05) is 47.6 Å². The molecule has 0 aliphatic heterocycles. The predicted octanol–water partition coefficient (Wildman–Crippen LogP) is 5.73. The Kier molecular flexibility index (Phi) is 5.81. The quantitative estimate of drug-likeness (QED) is 0.428. The number of amides is 1. The highest BCUT2D eigenvalue weighted by atomic mass is 35.5. The number of aryl methyl sites for hydroxylation is 1. The van der Waals surface area contributed by atoms with E-state index in [1.165, 1.54) is 6.07 Å². The van der Waals surface area contributed by atoms with E-state index in [1.54, 1.807) is 43.3 Å². The maximum atomic E-state index is 13.1. The van der Waals surface area contributed by atoms with Crippen LogP contribution in [0.2, 0.25) is 5.02 Å². The molecule has 0 saturated heterocycles. The Hall–Kier alpha value is -2.32. The van der Waals surface area contributed by atoms with E-state index in [0.717, 1.165) is 17.3 Å². The third kappa shape index (κ3) is 4.56. The van der Waals surface area contributed by atoms with Gasteiger partial charge in [0.1, 0.15) is 5.03 Å². The summed E-state index contributed by atoms with van der Waals surface area (Å²) in [6.07, 6.45) is -4.68. The van der Waals surface area contributed by atoms with Crippen LogP contribution in [0.5, 0.6) is 0 Å². The van der Waals surface area contributed by atoms with E-state index in [9.17, 15) is 18.0 Å². The fourth-order valence-electron chi connectivity index (χ4n) is 2.45. The van der Waals surface area contributed by atoms with E-state index in [2.05, 4.69) is 15.3 Å². The number of nitrogens with zero attached hydrogens (tertiary/aromatic N) is 2. The highest BCUT2D eigenvalue weighted by Crippen LogP contribution is 2.34. The molecule has 0 bridgehead atoms. The monoisotopic (exact) mass is 425 g/mol. The van der Waals surface area contributed by atoms with Crippen LogP contribution in [0.15, 0.2) is 47.5 Å². The lowest BCUT2D eigenvalue weighted by molar-refractivity contribution is -0.145. The van der Waals surface area contributed by atoms with Gasteiger partial charge in [-0.2, -0.15) is 13.2 Å². The first kappa shape index (κ1) is 20.4. The van der Waals surface area contributed by atoms with E-state index < -0.39 is 17.3 Å². The van der Waals surface area contributed by atoms with Gasteiger partial charge in [-0.05, 0) is 37.6 Å². The Balaban J connectivity index is 1.88. The van der Waals surface area contributed by atoms with Gasteiger partial charge >= 0.3 is 6.18 Å². The maximum absolute atomic E-state index is 13.1. The van der Waals surface area contributed by atoms with Gasteiger partial charge in [0.15, 0.2) is 0 Å². The number of para-hydroxylation sites is 1. The minimum atomic E-state index is -4.68. The van der Waals surface area contributed by atoms with Crippen LogP contribution in [0.3, 0.4) is 0 Å². The number of hydrogen-bond donors (Lipinski definition) is 1. The molecule has 1 atom stereocenters. The van der Waals surface area contributed by atoms with Crippen molar-refractivity contribution in [2.45, 2.75) is 30.3 Å². The number of alkyl halides is 3. The van der Waals surface area contributed by atoms with Crippen molar-refractivity contribution in [2.75, 3.05) is 5.32 Å². The van der Waals surface area contributed by atoms with Crippen LogP contribution in [-0.2, 0) is 11.0 Å². The van der Waals surface area contributed by atoms with Crippen LogP contribution in [0.4, 0.5) is 18.9 Å². The topological polar surface area (TPSA) is 54.9 Å². The van der Waals surface area contributed by atoms with Crippen LogP contribution >= 0.6 is 23.4 Å².